The number of nitrogens with zero attached hydrogens (tertiary/aromatic N) is 2. The first-order chi connectivity index (χ1) is 14.4. The Morgan fingerprint density at radius 1 is 1.20 bits per heavy atom. The quantitative estimate of drug-likeness (QED) is 0.686. The predicted molar refractivity (Wildman–Crippen MR) is 116 cm³/mol. The SMILES string of the molecule is C[C@H](O)C(=O)N(CCN1[C@@H]2CC[C@H]1C[C@@H](c1cccc(C(N)=O)c1)C2)CC1CCC1. The number of rotatable bonds is 8. The third-order valence-corrected chi connectivity index (χ3v) is 7.53. The normalized spacial score (nSPS) is 27.5. The van der Waals surface area contributed by atoms with E-state index in [0.717, 1.165) is 25.9 Å². The van der Waals surface area contributed by atoms with Crippen LogP contribution in [-0.4, -0.2) is 64.5 Å². The number of fused-ring (bicyclic) bond motifs is 2. The van der Waals surface area contributed by atoms with Gasteiger partial charge in [0, 0.05) is 37.3 Å². The van der Waals surface area contributed by atoms with Crippen molar-refractivity contribution in [2.45, 2.75) is 76.0 Å². The van der Waals surface area contributed by atoms with Gasteiger partial charge in [-0.05, 0) is 75.0 Å². The van der Waals surface area contributed by atoms with Crippen molar-refractivity contribution in [2.24, 2.45) is 11.7 Å². The van der Waals surface area contributed by atoms with E-state index in [0.29, 0.717) is 36.0 Å². The van der Waals surface area contributed by atoms with Crippen molar-refractivity contribution in [2.75, 3.05) is 19.6 Å². The second kappa shape index (κ2) is 9.06. The van der Waals surface area contributed by atoms with Gasteiger partial charge in [0.1, 0.15) is 6.10 Å². The van der Waals surface area contributed by atoms with Gasteiger partial charge in [-0.2, -0.15) is 0 Å². The molecular formula is C24H35N3O3. The number of amides is 2. The standard InChI is InChI=1S/C24H35N3O3/c1-16(28)24(30)26(15-17-4-2-5-17)10-11-27-21-8-9-22(27)14-20(13-21)18-6-3-7-19(12-18)23(25)29/h3,6-7,12,16-17,20-22,28H,2,4-5,8-11,13-15H2,1H3,(H2,25,29)/t16-,20-,21+,22-/m0/s1. The maximum atomic E-state index is 12.5. The molecule has 4 atom stereocenters. The Morgan fingerprint density at radius 2 is 1.90 bits per heavy atom. The molecule has 6 nitrogen and oxygen atoms in total. The average molecular weight is 414 g/mol. The van der Waals surface area contributed by atoms with Gasteiger partial charge in [-0.15, -0.1) is 0 Å². The van der Waals surface area contributed by atoms with Crippen LogP contribution in [0.5, 0.6) is 0 Å². The molecule has 3 aliphatic rings. The van der Waals surface area contributed by atoms with Crippen LogP contribution in [0.15, 0.2) is 24.3 Å². The molecular weight excluding hydrogens is 378 g/mol. The lowest BCUT2D eigenvalue weighted by Crippen LogP contribution is -2.49. The molecule has 0 spiro atoms. The summed E-state index contributed by atoms with van der Waals surface area (Å²) in [7, 11) is 0. The number of primary amides is 1. The fourth-order valence-electron chi connectivity index (χ4n) is 5.64. The highest BCUT2D eigenvalue weighted by molar-refractivity contribution is 5.92. The predicted octanol–water partition coefficient (Wildman–Crippen LogP) is 2.51. The number of hydrogen-bond acceptors (Lipinski definition) is 4. The van der Waals surface area contributed by atoms with Gasteiger partial charge in [0.05, 0.1) is 0 Å². The fourth-order valence-corrected chi connectivity index (χ4v) is 5.64. The number of aliphatic hydroxyl groups is 1. The summed E-state index contributed by atoms with van der Waals surface area (Å²) in [6, 6.07) is 8.85. The van der Waals surface area contributed by atoms with Crippen LogP contribution in [0.3, 0.4) is 0 Å². The Hall–Kier alpha value is -1.92. The highest BCUT2D eigenvalue weighted by atomic mass is 16.3. The number of nitrogens with two attached hydrogens (primary N) is 1. The number of carbonyl (C=O) groups excluding carboxylic acids is 2. The Morgan fingerprint density at radius 3 is 2.47 bits per heavy atom. The first-order valence-electron chi connectivity index (χ1n) is 11.5. The van der Waals surface area contributed by atoms with Crippen molar-refractivity contribution in [1.82, 2.24) is 9.80 Å². The molecule has 0 aromatic heterocycles. The maximum Gasteiger partial charge on any atom is 0.251 e. The third-order valence-electron chi connectivity index (χ3n) is 7.53. The number of piperidine rings is 1. The van der Waals surface area contributed by atoms with E-state index in [2.05, 4.69) is 11.0 Å². The summed E-state index contributed by atoms with van der Waals surface area (Å²) < 4.78 is 0. The van der Waals surface area contributed by atoms with Crippen LogP contribution in [0.1, 0.15) is 73.7 Å². The molecule has 164 valence electrons. The first kappa shape index (κ1) is 21.3. The lowest BCUT2D eigenvalue weighted by Gasteiger charge is -2.41. The van der Waals surface area contributed by atoms with Gasteiger partial charge >= 0.3 is 0 Å². The number of hydrogen-bond donors (Lipinski definition) is 2. The van der Waals surface area contributed by atoms with E-state index in [1.165, 1.54) is 37.7 Å². The zero-order chi connectivity index (χ0) is 21.3. The number of carbonyl (C=O) groups is 2. The second-order valence-corrected chi connectivity index (χ2v) is 9.54. The van der Waals surface area contributed by atoms with Crippen molar-refractivity contribution in [3.63, 3.8) is 0 Å². The van der Waals surface area contributed by atoms with Gasteiger partial charge in [-0.25, -0.2) is 0 Å². The van der Waals surface area contributed by atoms with Gasteiger partial charge in [0.25, 0.3) is 5.91 Å². The Kier molecular flexibility index (Phi) is 6.44. The molecule has 3 N–H and O–H groups in total. The molecule has 3 fully saturated rings. The highest BCUT2D eigenvalue weighted by Gasteiger charge is 2.41. The van der Waals surface area contributed by atoms with Crippen molar-refractivity contribution in [3.05, 3.63) is 35.4 Å². The number of benzene rings is 1. The molecule has 6 heteroatoms. The first-order valence-corrected chi connectivity index (χ1v) is 11.5. The molecule has 2 aliphatic heterocycles. The van der Waals surface area contributed by atoms with E-state index in [9.17, 15) is 14.7 Å². The average Bonchev–Trinajstić information content (AvgIpc) is 2.93. The van der Waals surface area contributed by atoms with Gasteiger partial charge in [-0.3, -0.25) is 14.5 Å². The van der Waals surface area contributed by atoms with E-state index >= 15 is 0 Å². The van der Waals surface area contributed by atoms with Crippen molar-refractivity contribution in [1.29, 1.82) is 0 Å². The van der Waals surface area contributed by atoms with Gasteiger partial charge in [-0.1, -0.05) is 18.6 Å². The van der Waals surface area contributed by atoms with E-state index < -0.39 is 6.10 Å². The summed E-state index contributed by atoms with van der Waals surface area (Å²) in [6.07, 6.45) is 7.31. The Labute approximate surface area is 179 Å². The van der Waals surface area contributed by atoms with Crippen LogP contribution in [0.4, 0.5) is 0 Å². The van der Waals surface area contributed by atoms with Crippen LogP contribution < -0.4 is 5.73 Å². The zero-order valence-electron chi connectivity index (χ0n) is 18.0. The monoisotopic (exact) mass is 413 g/mol. The van der Waals surface area contributed by atoms with Crippen LogP contribution in [0.25, 0.3) is 0 Å². The third kappa shape index (κ3) is 4.54. The summed E-state index contributed by atoms with van der Waals surface area (Å²) in [5, 5.41) is 9.83. The van der Waals surface area contributed by atoms with E-state index in [-0.39, 0.29) is 11.8 Å². The molecule has 30 heavy (non-hydrogen) atoms. The van der Waals surface area contributed by atoms with Crippen molar-refractivity contribution in [3.8, 4) is 0 Å². The molecule has 1 saturated carbocycles. The summed E-state index contributed by atoms with van der Waals surface area (Å²) in [5.41, 5.74) is 7.28. The minimum atomic E-state index is -0.926. The summed E-state index contributed by atoms with van der Waals surface area (Å²) in [5.74, 6) is 0.565. The fraction of sp³-hybridized carbons (Fsp3) is 0.667. The minimum absolute atomic E-state index is 0.132. The summed E-state index contributed by atoms with van der Waals surface area (Å²) in [4.78, 5) is 28.6. The minimum Gasteiger partial charge on any atom is -0.384 e. The van der Waals surface area contributed by atoms with Crippen LogP contribution >= 0.6 is 0 Å². The van der Waals surface area contributed by atoms with Crippen molar-refractivity contribution >= 4 is 11.8 Å². The van der Waals surface area contributed by atoms with Gasteiger partial charge in [0.15, 0.2) is 0 Å². The lowest BCUT2D eigenvalue weighted by molar-refractivity contribution is -0.140. The van der Waals surface area contributed by atoms with Crippen LogP contribution in [0.2, 0.25) is 0 Å². The van der Waals surface area contributed by atoms with Crippen molar-refractivity contribution < 1.29 is 14.7 Å². The van der Waals surface area contributed by atoms with Gasteiger partial charge < -0.3 is 15.7 Å². The van der Waals surface area contributed by atoms with E-state index in [1.54, 1.807) is 13.0 Å². The smallest absolute Gasteiger partial charge is 0.251 e. The zero-order valence-corrected chi connectivity index (χ0v) is 18.0. The van der Waals surface area contributed by atoms with E-state index in [4.69, 9.17) is 5.73 Å². The van der Waals surface area contributed by atoms with E-state index in [1.807, 2.05) is 17.0 Å². The molecule has 2 heterocycles. The lowest BCUT2D eigenvalue weighted by atomic mass is 9.84. The molecule has 4 rings (SSSR count). The molecule has 1 aromatic rings. The van der Waals surface area contributed by atoms with Gasteiger partial charge in [0.2, 0.25) is 5.91 Å². The molecule has 1 aromatic carbocycles. The molecule has 0 unspecified atom stereocenters. The maximum absolute atomic E-state index is 12.5. The Bertz CT molecular complexity index is 763. The molecule has 2 amide bonds. The Balaban J connectivity index is 1.38. The molecule has 1 aliphatic carbocycles. The molecule has 2 bridgehead atoms. The summed E-state index contributed by atoms with van der Waals surface area (Å²) in [6.45, 7) is 3.95. The largest absolute Gasteiger partial charge is 0.384 e. The second-order valence-electron chi connectivity index (χ2n) is 9.54. The summed E-state index contributed by atoms with van der Waals surface area (Å²) >= 11 is 0. The number of aliphatic hydroxyl groups excluding tert-OH is 1. The van der Waals surface area contributed by atoms with Crippen LogP contribution in [-0.2, 0) is 4.79 Å². The topological polar surface area (TPSA) is 86.9 Å². The van der Waals surface area contributed by atoms with Crippen LogP contribution in [0, 0.1) is 5.92 Å². The molecule has 2 saturated heterocycles. The molecule has 0 radical (unpaired) electrons. The highest BCUT2D eigenvalue weighted by Crippen LogP contribution is 2.43.